The quantitative estimate of drug-likeness (QED) is 0.893. The Bertz CT molecular complexity index is 533. The summed E-state index contributed by atoms with van der Waals surface area (Å²) in [7, 11) is 0. The Morgan fingerprint density at radius 3 is 3.28 bits per heavy atom. The third-order valence-electron chi connectivity index (χ3n) is 3.77. The van der Waals surface area contributed by atoms with Crippen LogP contribution in [0.1, 0.15) is 37.1 Å². The highest BCUT2D eigenvalue weighted by atomic mass is 32.1. The zero-order chi connectivity index (χ0) is 12.5. The normalized spacial score (nSPS) is 24.8. The minimum atomic E-state index is -0.121. The van der Waals surface area contributed by atoms with Gasteiger partial charge in [0, 0.05) is 24.2 Å². The van der Waals surface area contributed by atoms with Gasteiger partial charge in [-0.15, -0.1) is 11.3 Å². The van der Waals surface area contributed by atoms with Crippen LogP contribution < -0.4 is 5.32 Å². The number of aliphatic hydroxyl groups excluding tert-OH is 1. The first-order valence-corrected chi connectivity index (χ1v) is 7.44. The zero-order valence-corrected chi connectivity index (χ0v) is 11.4. The molecule has 0 spiro atoms. The molecule has 2 N–H and O–H groups in total. The van der Waals surface area contributed by atoms with E-state index in [2.05, 4.69) is 33.2 Å². The van der Waals surface area contributed by atoms with Gasteiger partial charge in [-0.2, -0.15) is 0 Å². The highest BCUT2D eigenvalue weighted by Crippen LogP contribution is 2.20. The number of imidazole rings is 1. The molecular weight excluding hydrogens is 246 g/mol. The first-order chi connectivity index (χ1) is 8.74. The van der Waals surface area contributed by atoms with Crippen LogP contribution in [0, 0.1) is 6.92 Å². The van der Waals surface area contributed by atoms with Crippen molar-refractivity contribution in [3.63, 3.8) is 0 Å². The topological polar surface area (TPSA) is 49.6 Å². The molecule has 2 aromatic rings. The van der Waals surface area contributed by atoms with Crippen LogP contribution >= 0.6 is 11.3 Å². The van der Waals surface area contributed by atoms with Crippen molar-refractivity contribution in [3.8, 4) is 0 Å². The fourth-order valence-electron chi connectivity index (χ4n) is 2.74. The van der Waals surface area contributed by atoms with Crippen LogP contribution in [-0.2, 0) is 6.54 Å². The van der Waals surface area contributed by atoms with E-state index in [0.29, 0.717) is 6.04 Å². The summed E-state index contributed by atoms with van der Waals surface area (Å²) in [6.45, 7) is 2.90. The second-order valence-corrected chi connectivity index (χ2v) is 5.97. The van der Waals surface area contributed by atoms with Crippen LogP contribution in [0.5, 0.6) is 0 Å². The average Bonchev–Trinajstić information content (AvgIpc) is 2.87. The maximum absolute atomic E-state index is 9.67. The Kier molecular flexibility index (Phi) is 3.37. The van der Waals surface area contributed by atoms with Crippen molar-refractivity contribution in [1.29, 1.82) is 0 Å². The highest BCUT2D eigenvalue weighted by molar-refractivity contribution is 7.15. The molecule has 0 aromatic carbocycles. The Hall–Kier alpha value is -0.910. The summed E-state index contributed by atoms with van der Waals surface area (Å²) in [5.74, 6) is 0. The summed E-state index contributed by atoms with van der Waals surface area (Å²) in [6, 6.07) is 0.442. The molecule has 2 aromatic heterocycles. The first kappa shape index (κ1) is 12.1. The predicted octanol–water partition coefficient (Wildman–Crippen LogP) is 2.10. The summed E-state index contributed by atoms with van der Waals surface area (Å²) in [6.07, 6.45) is 6.08. The molecule has 5 heteroatoms. The molecule has 1 fully saturated rings. The van der Waals surface area contributed by atoms with Gasteiger partial charge in [0.2, 0.25) is 0 Å². The van der Waals surface area contributed by atoms with Crippen LogP contribution in [0.4, 0.5) is 0 Å². The number of nitrogens with one attached hydrogen (secondary N) is 1. The van der Waals surface area contributed by atoms with E-state index >= 15 is 0 Å². The second-order valence-electron chi connectivity index (χ2n) is 5.10. The molecule has 1 saturated carbocycles. The van der Waals surface area contributed by atoms with Crippen molar-refractivity contribution < 1.29 is 5.11 Å². The molecule has 2 atom stereocenters. The van der Waals surface area contributed by atoms with Crippen LogP contribution in [-0.4, -0.2) is 26.6 Å². The number of rotatable bonds is 3. The molecule has 0 radical (unpaired) electrons. The van der Waals surface area contributed by atoms with E-state index in [4.69, 9.17) is 0 Å². The average molecular weight is 265 g/mol. The molecule has 1 aliphatic carbocycles. The fourth-order valence-corrected chi connectivity index (χ4v) is 3.52. The molecule has 0 aliphatic heterocycles. The Balaban J connectivity index is 1.69. The summed E-state index contributed by atoms with van der Waals surface area (Å²) < 4.78 is 2.16. The van der Waals surface area contributed by atoms with Gasteiger partial charge in [0.1, 0.15) is 0 Å². The van der Waals surface area contributed by atoms with Crippen molar-refractivity contribution in [2.24, 2.45) is 0 Å². The van der Waals surface area contributed by atoms with E-state index in [9.17, 15) is 5.11 Å². The molecule has 1 aliphatic rings. The third kappa shape index (κ3) is 2.30. The van der Waals surface area contributed by atoms with Crippen molar-refractivity contribution in [3.05, 3.63) is 23.0 Å². The van der Waals surface area contributed by atoms with Gasteiger partial charge in [0.25, 0.3) is 0 Å². The standard InChI is InChI=1S/C13H19N3OS/c1-9-12(16-5-6-18-13(16)15-9)8-14-10-3-2-4-11(17)7-10/h5-6,10-11,14,17H,2-4,7-8H2,1H3. The number of aryl methyl sites for hydroxylation is 1. The monoisotopic (exact) mass is 265 g/mol. The molecule has 0 saturated heterocycles. The summed E-state index contributed by atoms with van der Waals surface area (Å²) in [5, 5.41) is 15.3. The van der Waals surface area contributed by atoms with Gasteiger partial charge in [0.05, 0.1) is 17.5 Å². The number of hydrogen-bond donors (Lipinski definition) is 2. The Labute approximate surface area is 111 Å². The van der Waals surface area contributed by atoms with Gasteiger partial charge in [-0.1, -0.05) is 0 Å². The number of thiazole rings is 1. The first-order valence-electron chi connectivity index (χ1n) is 6.56. The minimum Gasteiger partial charge on any atom is -0.393 e. The Morgan fingerprint density at radius 2 is 2.44 bits per heavy atom. The van der Waals surface area contributed by atoms with Crippen molar-refractivity contribution in [2.45, 2.75) is 51.3 Å². The minimum absolute atomic E-state index is 0.121. The predicted molar refractivity (Wildman–Crippen MR) is 72.9 cm³/mol. The van der Waals surface area contributed by atoms with E-state index in [-0.39, 0.29) is 6.10 Å². The lowest BCUT2D eigenvalue weighted by molar-refractivity contribution is 0.111. The number of aromatic nitrogens is 2. The molecule has 2 heterocycles. The van der Waals surface area contributed by atoms with E-state index in [0.717, 1.165) is 36.5 Å². The van der Waals surface area contributed by atoms with Crippen molar-refractivity contribution in [1.82, 2.24) is 14.7 Å². The van der Waals surface area contributed by atoms with Gasteiger partial charge in [0.15, 0.2) is 4.96 Å². The maximum Gasteiger partial charge on any atom is 0.194 e. The van der Waals surface area contributed by atoms with Gasteiger partial charge in [-0.25, -0.2) is 4.98 Å². The smallest absolute Gasteiger partial charge is 0.194 e. The van der Waals surface area contributed by atoms with Crippen molar-refractivity contribution >= 4 is 16.3 Å². The largest absolute Gasteiger partial charge is 0.393 e. The van der Waals surface area contributed by atoms with Gasteiger partial charge < -0.3 is 10.4 Å². The molecule has 4 nitrogen and oxygen atoms in total. The van der Waals surface area contributed by atoms with Gasteiger partial charge in [-0.05, 0) is 32.6 Å². The highest BCUT2D eigenvalue weighted by Gasteiger charge is 2.20. The van der Waals surface area contributed by atoms with Crippen LogP contribution in [0.2, 0.25) is 0 Å². The number of aliphatic hydroxyl groups is 1. The summed E-state index contributed by atoms with van der Waals surface area (Å²) >= 11 is 1.67. The molecule has 98 valence electrons. The molecular formula is C13H19N3OS. The lowest BCUT2D eigenvalue weighted by Crippen LogP contribution is -2.35. The van der Waals surface area contributed by atoms with Crippen LogP contribution in [0.3, 0.4) is 0 Å². The van der Waals surface area contributed by atoms with E-state index in [1.165, 1.54) is 12.1 Å². The molecule has 0 amide bonds. The van der Waals surface area contributed by atoms with E-state index in [1.807, 2.05) is 0 Å². The lowest BCUT2D eigenvalue weighted by Gasteiger charge is -2.26. The zero-order valence-electron chi connectivity index (χ0n) is 10.6. The van der Waals surface area contributed by atoms with Crippen LogP contribution in [0.25, 0.3) is 4.96 Å². The third-order valence-corrected chi connectivity index (χ3v) is 4.52. The number of hydrogen-bond acceptors (Lipinski definition) is 4. The van der Waals surface area contributed by atoms with Gasteiger partial charge in [-0.3, -0.25) is 4.40 Å². The Morgan fingerprint density at radius 1 is 1.56 bits per heavy atom. The van der Waals surface area contributed by atoms with E-state index in [1.54, 1.807) is 11.3 Å². The molecule has 3 rings (SSSR count). The summed E-state index contributed by atoms with van der Waals surface area (Å²) in [5.41, 5.74) is 2.34. The van der Waals surface area contributed by atoms with E-state index < -0.39 is 0 Å². The lowest BCUT2D eigenvalue weighted by atomic mass is 9.93. The number of fused-ring (bicyclic) bond motifs is 1. The molecule has 2 unspecified atom stereocenters. The number of nitrogens with zero attached hydrogens (tertiary/aromatic N) is 2. The SMILES string of the molecule is Cc1nc2sccn2c1CNC1CCCC(O)C1. The molecule has 18 heavy (non-hydrogen) atoms. The maximum atomic E-state index is 9.67. The fraction of sp³-hybridized carbons (Fsp3) is 0.615. The van der Waals surface area contributed by atoms with Gasteiger partial charge >= 0.3 is 0 Å². The second kappa shape index (κ2) is 4.99. The molecule has 0 bridgehead atoms. The van der Waals surface area contributed by atoms with Crippen molar-refractivity contribution in [2.75, 3.05) is 0 Å². The summed E-state index contributed by atoms with van der Waals surface area (Å²) in [4.78, 5) is 5.61. The van der Waals surface area contributed by atoms with Crippen LogP contribution in [0.15, 0.2) is 11.6 Å².